The van der Waals surface area contributed by atoms with Crippen molar-refractivity contribution in [1.29, 1.82) is 0 Å². The lowest BCUT2D eigenvalue weighted by Gasteiger charge is -2.36. The van der Waals surface area contributed by atoms with Crippen molar-refractivity contribution in [3.8, 4) is 0 Å². The van der Waals surface area contributed by atoms with E-state index in [0.29, 0.717) is 11.3 Å². The number of hydrogen-bond acceptors (Lipinski definition) is 4. The third-order valence-corrected chi connectivity index (χ3v) is 5.70. The summed E-state index contributed by atoms with van der Waals surface area (Å²) < 4.78 is 0. The van der Waals surface area contributed by atoms with Gasteiger partial charge in [0.15, 0.2) is 5.96 Å². The van der Waals surface area contributed by atoms with Gasteiger partial charge in [-0.15, -0.1) is 11.8 Å². The fourth-order valence-electron chi connectivity index (χ4n) is 2.87. The number of hydrogen-bond donors (Lipinski definition) is 2. The van der Waals surface area contributed by atoms with Crippen molar-refractivity contribution in [1.82, 2.24) is 20.4 Å². The zero-order valence-corrected chi connectivity index (χ0v) is 16.9. The van der Waals surface area contributed by atoms with Crippen molar-refractivity contribution in [3.05, 3.63) is 30.3 Å². The van der Waals surface area contributed by atoms with Crippen LogP contribution in [0.15, 0.2) is 40.2 Å². The topological polar surface area (TPSA) is 42.9 Å². The molecular weight excluding hydrogens is 330 g/mol. The van der Waals surface area contributed by atoms with Crippen molar-refractivity contribution >= 4 is 17.7 Å². The van der Waals surface area contributed by atoms with Crippen molar-refractivity contribution < 1.29 is 0 Å². The van der Waals surface area contributed by atoms with Crippen LogP contribution in [0, 0.1) is 0 Å². The molecule has 0 amide bonds. The quantitative estimate of drug-likeness (QED) is 0.440. The molecule has 5 nitrogen and oxygen atoms in total. The Morgan fingerprint density at radius 3 is 2.36 bits per heavy atom. The van der Waals surface area contributed by atoms with Crippen LogP contribution in [0.3, 0.4) is 0 Å². The van der Waals surface area contributed by atoms with Crippen molar-refractivity contribution in [2.75, 3.05) is 53.4 Å². The molecule has 1 heterocycles. The molecule has 1 fully saturated rings. The van der Waals surface area contributed by atoms with Gasteiger partial charge in [-0.2, -0.15) is 0 Å². The summed E-state index contributed by atoms with van der Waals surface area (Å²) in [6, 6.07) is 11.1. The molecule has 0 bridgehead atoms. The average molecular weight is 364 g/mol. The molecule has 6 heteroatoms. The third kappa shape index (κ3) is 7.26. The Labute approximate surface area is 157 Å². The molecule has 0 saturated carbocycles. The SMILES string of the molecule is CN=C(NCC(C)Sc1ccccc1)NCC(C)N1CCN(C)CC1. The number of guanidine groups is 1. The number of aliphatic imine (C=N–C) groups is 1. The maximum Gasteiger partial charge on any atom is 0.191 e. The lowest BCUT2D eigenvalue weighted by atomic mass is 10.2. The summed E-state index contributed by atoms with van der Waals surface area (Å²) in [5, 5.41) is 7.40. The molecule has 2 N–H and O–H groups in total. The first-order valence-electron chi connectivity index (χ1n) is 9.17. The molecule has 0 aliphatic carbocycles. The van der Waals surface area contributed by atoms with Crippen LogP contribution in [0.4, 0.5) is 0 Å². The Bertz CT molecular complexity index is 514. The number of nitrogens with one attached hydrogen (secondary N) is 2. The van der Waals surface area contributed by atoms with Crippen molar-refractivity contribution in [3.63, 3.8) is 0 Å². The predicted molar refractivity (Wildman–Crippen MR) is 110 cm³/mol. The van der Waals surface area contributed by atoms with Gasteiger partial charge in [0.05, 0.1) is 0 Å². The molecule has 1 aromatic carbocycles. The van der Waals surface area contributed by atoms with Crippen LogP contribution in [-0.4, -0.2) is 80.4 Å². The minimum Gasteiger partial charge on any atom is -0.355 e. The normalized spacial score (nSPS) is 19.4. The number of thioether (sulfide) groups is 1. The van der Waals surface area contributed by atoms with Crippen molar-refractivity contribution in [2.24, 2.45) is 4.99 Å². The number of likely N-dealkylation sites (N-methyl/N-ethyl adjacent to an activating group) is 1. The van der Waals surface area contributed by atoms with E-state index < -0.39 is 0 Å². The van der Waals surface area contributed by atoms with Gasteiger partial charge in [-0.05, 0) is 26.1 Å². The van der Waals surface area contributed by atoms with Gasteiger partial charge in [0.1, 0.15) is 0 Å². The van der Waals surface area contributed by atoms with E-state index in [9.17, 15) is 0 Å². The monoisotopic (exact) mass is 363 g/mol. The Hall–Kier alpha value is -1.24. The van der Waals surface area contributed by atoms with E-state index in [1.54, 1.807) is 0 Å². The first-order chi connectivity index (χ1) is 12.1. The second kappa shape index (κ2) is 10.7. The molecule has 0 aromatic heterocycles. The highest BCUT2D eigenvalue weighted by Gasteiger charge is 2.19. The average Bonchev–Trinajstić information content (AvgIpc) is 2.63. The third-order valence-electron chi connectivity index (χ3n) is 4.59. The van der Waals surface area contributed by atoms with Gasteiger partial charge < -0.3 is 15.5 Å². The molecular formula is C19H33N5S. The van der Waals surface area contributed by atoms with E-state index in [2.05, 4.69) is 76.7 Å². The van der Waals surface area contributed by atoms with Crippen LogP contribution in [0.25, 0.3) is 0 Å². The maximum atomic E-state index is 4.35. The van der Waals surface area contributed by atoms with Gasteiger partial charge in [-0.25, -0.2) is 0 Å². The van der Waals surface area contributed by atoms with Crippen LogP contribution >= 0.6 is 11.8 Å². The fourth-order valence-corrected chi connectivity index (χ4v) is 3.82. The van der Waals surface area contributed by atoms with Gasteiger partial charge in [-0.1, -0.05) is 25.1 Å². The summed E-state index contributed by atoms with van der Waals surface area (Å²) in [4.78, 5) is 10.6. The number of benzene rings is 1. The van der Waals surface area contributed by atoms with E-state index in [1.165, 1.54) is 4.90 Å². The first-order valence-corrected chi connectivity index (χ1v) is 10.0. The molecule has 25 heavy (non-hydrogen) atoms. The number of nitrogens with zero attached hydrogens (tertiary/aromatic N) is 3. The van der Waals surface area contributed by atoms with Crippen LogP contribution in [-0.2, 0) is 0 Å². The molecule has 1 aromatic rings. The Morgan fingerprint density at radius 1 is 1.08 bits per heavy atom. The van der Waals surface area contributed by atoms with Gasteiger partial charge >= 0.3 is 0 Å². The highest BCUT2D eigenvalue weighted by molar-refractivity contribution is 8.00. The summed E-state index contributed by atoms with van der Waals surface area (Å²) in [5.74, 6) is 0.890. The molecule has 1 aliphatic rings. The van der Waals surface area contributed by atoms with E-state index in [4.69, 9.17) is 0 Å². The minimum absolute atomic E-state index is 0.482. The maximum absolute atomic E-state index is 4.35. The second-order valence-corrected chi connectivity index (χ2v) is 8.28. The van der Waals surface area contributed by atoms with Crippen molar-refractivity contribution in [2.45, 2.75) is 30.0 Å². The van der Waals surface area contributed by atoms with E-state index >= 15 is 0 Å². The smallest absolute Gasteiger partial charge is 0.191 e. The predicted octanol–water partition coefficient (Wildman–Crippen LogP) is 1.97. The number of rotatable bonds is 7. The molecule has 0 spiro atoms. The summed E-state index contributed by atoms with van der Waals surface area (Å²) in [5.41, 5.74) is 0. The molecule has 1 aliphatic heterocycles. The van der Waals surface area contributed by atoms with Gasteiger partial charge in [0.2, 0.25) is 0 Å². The second-order valence-electron chi connectivity index (χ2n) is 6.76. The summed E-state index contributed by atoms with van der Waals surface area (Å²) >= 11 is 1.89. The number of piperazine rings is 1. The van der Waals surface area contributed by atoms with Crippen LogP contribution in [0.1, 0.15) is 13.8 Å². The molecule has 140 valence electrons. The molecule has 2 rings (SSSR count). The lowest BCUT2D eigenvalue weighted by molar-refractivity contribution is 0.120. The van der Waals surface area contributed by atoms with Gasteiger partial charge in [0, 0.05) is 62.5 Å². The van der Waals surface area contributed by atoms with E-state index in [1.807, 2.05) is 18.8 Å². The summed E-state index contributed by atoms with van der Waals surface area (Å²) in [7, 11) is 4.03. The van der Waals surface area contributed by atoms with E-state index in [-0.39, 0.29) is 0 Å². The Balaban J connectivity index is 1.68. The highest BCUT2D eigenvalue weighted by Crippen LogP contribution is 2.21. The van der Waals surface area contributed by atoms with E-state index in [0.717, 1.165) is 45.2 Å². The van der Waals surface area contributed by atoms with Crippen LogP contribution < -0.4 is 10.6 Å². The zero-order chi connectivity index (χ0) is 18.1. The van der Waals surface area contributed by atoms with Gasteiger partial charge in [0.25, 0.3) is 0 Å². The Kier molecular flexibility index (Phi) is 8.58. The zero-order valence-electron chi connectivity index (χ0n) is 16.0. The standard InChI is InChI=1S/C19H33N5S/c1-16(24-12-10-23(4)11-13-24)14-21-19(20-3)22-15-17(2)25-18-8-6-5-7-9-18/h5-9,16-17H,10-15H2,1-4H3,(H2,20,21,22). The largest absolute Gasteiger partial charge is 0.355 e. The Morgan fingerprint density at radius 2 is 1.72 bits per heavy atom. The fraction of sp³-hybridized carbons (Fsp3) is 0.632. The molecule has 2 unspecified atom stereocenters. The van der Waals surface area contributed by atoms with Crippen LogP contribution in [0.5, 0.6) is 0 Å². The molecule has 0 radical (unpaired) electrons. The summed E-state index contributed by atoms with van der Waals surface area (Å²) in [6.45, 7) is 11.0. The molecule has 2 atom stereocenters. The van der Waals surface area contributed by atoms with Gasteiger partial charge in [-0.3, -0.25) is 9.89 Å². The summed E-state index contributed by atoms with van der Waals surface area (Å²) in [6.07, 6.45) is 0. The lowest BCUT2D eigenvalue weighted by Crippen LogP contribution is -2.52. The first kappa shape index (κ1) is 20.1. The molecule has 1 saturated heterocycles. The van der Waals surface area contributed by atoms with Crippen LogP contribution in [0.2, 0.25) is 0 Å². The minimum atomic E-state index is 0.482. The highest BCUT2D eigenvalue weighted by atomic mass is 32.2.